The summed E-state index contributed by atoms with van der Waals surface area (Å²) in [6.45, 7) is -5.58. The van der Waals surface area contributed by atoms with E-state index in [1.165, 1.54) is 7.11 Å². The summed E-state index contributed by atoms with van der Waals surface area (Å²) in [7, 11) is 1.29. The molecule has 462 valence electrons. The van der Waals surface area contributed by atoms with E-state index in [4.69, 9.17) is 56.8 Å². The first kappa shape index (κ1) is 66.4. The molecule has 0 spiro atoms. The van der Waals surface area contributed by atoms with Gasteiger partial charge in [0, 0.05) is 13.0 Å². The molecule has 0 aromatic rings. The summed E-state index contributed by atoms with van der Waals surface area (Å²) < 4.78 is 73.8. The van der Waals surface area contributed by atoms with Crippen molar-refractivity contribution in [3.8, 4) is 0 Å². The van der Waals surface area contributed by atoms with Gasteiger partial charge in [0.1, 0.15) is 146 Å². The standard InChI is InChI=1S/C46H80O33/c1-67-22(52)8-6-4-2-3-5-7-9-68-41-35(65)38(28(58)21(75-41)15-69-42-36(66)37(27(57)20(14-51)70-42)76-43-33(63)29(59)23(53)16(10-47)71-43)77-45-40(32(62)26(56)18(12-49)73-45)79-46-39(31(61)25(55)19(13-50)74-46)78-44-34(64)30(60)24(54)17(11-48)72-44/h16-21,23-51,53-66H,2-15H2,1H3/t16-,17-,18-,19-,20-,21-,23-,24-,25-,26-,27-,28-,29+,30+,31+,32+,33+,34+,35+,36+,37+,38+,39+,40+,41-,42+,43-,44-,45-,46-/m1/s1. The average molecular weight is 1160 g/mol. The van der Waals surface area contributed by atoms with Crippen molar-refractivity contribution in [1.29, 1.82) is 0 Å². The molecular weight excluding hydrogens is 1080 g/mol. The van der Waals surface area contributed by atoms with Crippen LogP contribution in [0.15, 0.2) is 0 Å². The van der Waals surface area contributed by atoms with Crippen LogP contribution < -0.4 is 0 Å². The number of aliphatic hydroxyl groups excluding tert-OH is 19. The maximum Gasteiger partial charge on any atom is 0.305 e. The topological polar surface area (TPSA) is 521 Å². The lowest BCUT2D eigenvalue weighted by molar-refractivity contribution is -0.404. The Hall–Kier alpha value is -1.77. The molecule has 6 aliphatic rings. The highest BCUT2D eigenvalue weighted by Crippen LogP contribution is 2.37. The Labute approximate surface area is 451 Å². The maximum atomic E-state index is 12.0. The third-order valence-electron chi connectivity index (χ3n) is 14.7. The van der Waals surface area contributed by atoms with Crippen molar-refractivity contribution in [1.82, 2.24) is 0 Å². The SMILES string of the molecule is COC(=O)CCCCCCCCO[C@@H]1O[C@H](CO[C@H]2O[C@H](CO)[C@@H](O)[C@H](O[C@H]3O[C@H](CO)[C@@H](O)[C@H](O)[C@@H]3O)[C@@H]2O)[C@@H](O)[C@H](O[C@H]2O[C@H](CO)[C@@H](O)[C@H](O)[C@@H]2O[C@H]2O[C@H](CO)[C@@H](O)[C@H](O)[C@@H]2O[C@H]2O[C@H](CO)[C@@H](O)[C@H](O)[C@@H]2O)[C@@H]1O. The fourth-order valence-electron chi connectivity index (χ4n) is 9.86. The predicted octanol–water partition coefficient (Wildman–Crippen LogP) is -11.2. The number of carbonyl (C=O) groups excluding carboxylic acids is 1. The molecular formula is C46H80O33. The summed E-state index contributed by atoms with van der Waals surface area (Å²) >= 11 is 0. The molecule has 19 N–H and O–H groups in total. The van der Waals surface area contributed by atoms with Gasteiger partial charge in [-0.05, 0) is 12.8 Å². The largest absolute Gasteiger partial charge is 0.469 e. The van der Waals surface area contributed by atoms with E-state index in [0.717, 1.165) is 12.8 Å². The minimum absolute atomic E-state index is 0.0873. The van der Waals surface area contributed by atoms with Crippen LogP contribution in [-0.2, 0) is 66.4 Å². The van der Waals surface area contributed by atoms with E-state index >= 15 is 0 Å². The van der Waals surface area contributed by atoms with Gasteiger partial charge < -0.3 is 159 Å². The van der Waals surface area contributed by atoms with Gasteiger partial charge in [0.2, 0.25) is 0 Å². The number of carbonyl (C=O) groups is 1. The molecule has 6 aliphatic heterocycles. The minimum atomic E-state index is -2.18. The van der Waals surface area contributed by atoms with Crippen molar-refractivity contribution in [2.45, 2.75) is 229 Å². The van der Waals surface area contributed by atoms with Gasteiger partial charge in [-0.3, -0.25) is 4.79 Å². The minimum Gasteiger partial charge on any atom is -0.469 e. The maximum absolute atomic E-state index is 12.0. The lowest BCUT2D eigenvalue weighted by Crippen LogP contribution is -2.68. The van der Waals surface area contributed by atoms with Gasteiger partial charge in [0.15, 0.2) is 37.7 Å². The second-order valence-electron chi connectivity index (χ2n) is 20.1. The summed E-state index contributed by atoms with van der Waals surface area (Å²) in [5.41, 5.74) is 0. The predicted molar refractivity (Wildman–Crippen MR) is 247 cm³/mol. The van der Waals surface area contributed by atoms with E-state index in [1.807, 2.05) is 0 Å². The first-order valence-electron chi connectivity index (χ1n) is 26.1. The number of rotatable bonds is 26. The number of hydrogen-bond donors (Lipinski definition) is 19. The lowest BCUT2D eigenvalue weighted by Gasteiger charge is -2.50. The summed E-state index contributed by atoms with van der Waals surface area (Å²) in [6.07, 6.45) is -53.2. The summed E-state index contributed by atoms with van der Waals surface area (Å²) in [5.74, 6) is -0.334. The van der Waals surface area contributed by atoms with Crippen molar-refractivity contribution in [2.75, 3.05) is 53.4 Å². The first-order valence-corrected chi connectivity index (χ1v) is 26.1. The van der Waals surface area contributed by atoms with E-state index in [-0.39, 0.29) is 19.0 Å². The van der Waals surface area contributed by atoms with E-state index < -0.39 is 224 Å². The van der Waals surface area contributed by atoms with Crippen molar-refractivity contribution >= 4 is 5.97 Å². The highest BCUT2D eigenvalue weighted by molar-refractivity contribution is 5.68. The third kappa shape index (κ3) is 15.8. The van der Waals surface area contributed by atoms with Crippen LogP contribution in [0, 0.1) is 0 Å². The molecule has 0 amide bonds. The van der Waals surface area contributed by atoms with Crippen LogP contribution >= 0.6 is 0 Å². The van der Waals surface area contributed by atoms with Crippen molar-refractivity contribution in [3.63, 3.8) is 0 Å². The Balaban J connectivity index is 1.23. The number of aliphatic hydroxyl groups is 19. The van der Waals surface area contributed by atoms with E-state index in [1.54, 1.807) is 0 Å². The summed E-state index contributed by atoms with van der Waals surface area (Å²) in [4.78, 5) is 11.5. The number of ether oxygens (including phenoxy) is 13. The van der Waals surface area contributed by atoms with Gasteiger partial charge in [-0.25, -0.2) is 0 Å². The van der Waals surface area contributed by atoms with Crippen molar-refractivity contribution in [3.05, 3.63) is 0 Å². The number of hydrogen-bond acceptors (Lipinski definition) is 33. The highest BCUT2D eigenvalue weighted by Gasteiger charge is 2.57. The Morgan fingerprint density at radius 2 is 0.658 bits per heavy atom. The van der Waals surface area contributed by atoms with Gasteiger partial charge in [0.05, 0.1) is 46.8 Å². The van der Waals surface area contributed by atoms with Crippen molar-refractivity contribution in [2.24, 2.45) is 0 Å². The molecule has 33 heteroatoms. The fraction of sp³-hybridized carbons (Fsp3) is 0.978. The van der Waals surface area contributed by atoms with Crippen LogP contribution in [0.4, 0.5) is 0 Å². The lowest BCUT2D eigenvalue weighted by atomic mass is 9.95. The average Bonchev–Trinajstić information content (AvgIpc) is 3.46. The molecule has 0 aromatic carbocycles. The monoisotopic (exact) mass is 1160 g/mol. The second kappa shape index (κ2) is 30.9. The number of esters is 1. The Kier molecular flexibility index (Phi) is 25.9. The van der Waals surface area contributed by atoms with Crippen LogP contribution in [0.1, 0.15) is 44.9 Å². The highest BCUT2D eigenvalue weighted by atomic mass is 16.8. The zero-order valence-electron chi connectivity index (χ0n) is 42.9. The summed E-state index contributed by atoms with van der Waals surface area (Å²) in [6, 6.07) is 0. The van der Waals surface area contributed by atoms with Crippen LogP contribution in [-0.4, -0.2) is 341 Å². The number of methoxy groups -OCH3 is 1. The molecule has 79 heavy (non-hydrogen) atoms. The number of unbranched alkanes of at least 4 members (excludes halogenated alkanes) is 5. The van der Waals surface area contributed by atoms with Gasteiger partial charge >= 0.3 is 5.97 Å². The molecule has 0 bridgehead atoms. The van der Waals surface area contributed by atoms with E-state index in [0.29, 0.717) is 25.7 Å². The van der Waals surface area contributed by atoms with E-state index in [2.05, 4.69) is 4.74 Å². The molecule has 33 nitrogen and oxygen atoms in total. The molecule has 0 aromatic heterocycles. The molecule has 6 fully saturated rings. The molecule has 0 saturated carbocycles. The molecule has 0 aliphatic carbocycles. The molecule has 6 rings (SSSR count). The third-order valence-corrected chi connectivity index (χ3v) is 14.7. The molecule has 30 atom stereocenters. The van der Waals surface area contributed by atoms with Gasteiger partial charge in [-0.1, -0.05) is 25.7 Å². The zero-order chi connectivity index (χ0) is 58.0. The fourth-order valence-corrected chi connectivity index (χ4v) is 9.86. The van der Waals surface area contributed by atoms with Gasteiger partial charge in [-0.15, -0.1) is 0 Å². The first-order chi connectivity index (χ1) is 37.7. The van der Waals surface area contributed by atoms with Gasteiger partial charge in [-0.2, -0.15) is 0 Å². The molecule has 0 radical (unpaired) electrons. The second-order valence-corrected chi connectivity index (χ2v) is 20.1. The van der Waals surface area contributed by atoms with Gasteiger partial charge in [0.25, 0.3) is 0 Å². The Bertz CT molecular complexity index is 1780. The van der Waals surface area contributed by atoms with Crippen LogP contribution in [0.2, 0.25) is 0 Å². The smallest absolute Gasteiger partial charge is 0.305 e. The normalized spacial score (nSPS) is 47.0. The van der Waals surface area contributed by atoms with Crippen LogP contribution in [0.3, 0.4) is 0 Å². The molecule has 6 heterocycles. The zero-order valence-corrected chi connectivity index (χ0v) is 42.9. The van der Waals surface area contributed by atoms with Crippen LogP contribution in [0.5, 0.6) is 0 Å². The molecule has 0 unspecified atom stereocenters. The summed E-state index contributed by atoms with van der Waals surface area (Å²) in [5, 5.41) is 204. The van der Waals surface area contributed by atoms with E-state index in [9.17, 15) is 102 Å². The van der Waals surface area contributed by atoms with Crippen molar-refractivity contribution < 1.29 is 163 Å². The van der Waals surface area contributed by atoms with Crippen LogP contribution in [0.25, 0.3) is 0 Å². The quantitative estimate of drug-likeness (QED) is 0.0282. The Morgan fingerprint density at radius 3 is 1.11 bits per heavy atom. The Morgan fingerprint density at radius 1 is 0.329 bits per heavy atom. The molecule has 6 saturated heterocycles.